The summed E-state index contributed by atoms with van der Waals surface area (Å²) in [7, 11) is 4.35. The van der Waals surface area contributed by atoms with Crippen molar-refractivity contribution in [3.8, 4) is 33.8 Å². The maximum Gasteiger partial charge on any atom is 0.255 e. The standard InChI is InChI=1S/2C31H31FN4O2/c2*1-19-17-33-30(34-19)29(27-16-25(32)9-10-28(27)37)36-18-24-8-7-23(15-26(24)31(36)38)21-5-3-20(4-6-21)22-11-13-35(2)14-12-22/h2*3-10,15-17,22,29,37H,11-14,18H2,1-2H3,(H,33,34)/t2*29-/m10/s1. The van der Waals surface area contributed by atoms with Gasteiger partial charge < -0.3 is 39.8 Å². The second-order valence-corrected chi connectivity index (χ2v) is 21.1. The van der Waals surface area contributed by atoms with Crippen LogP contribution >= 0.6 is 0 Å². The van der Waals surface area contributed by atoms with Gasteiger partial charge in [0.1, 0.15) is 46.9 Å². The van der Waals surface area contributed by atoms with Gasteiger partial charge in [0.2, 0.25) is 0 Å². The van der Waals surface area contributed by atoms with Crippen LogP contribution in [0.1, 0.15) is 127 Å². The van der Waals surface area contributed by atoms with Crippen LogP contribution < -0.4 is 0 Å². The summed E-state index contributed by atoms with van der Waals surface area (Å²) in [5, 5.41) is 21.2. The van der Waals surface area contributed by atoms with Crippen molar-refractivity contribution in [1.29, 1.82) is 0 Å². The van der Waals surface area contributed by atoms with Gasteiger partial charge >= 0.3 is 0 Å². The van der Waals surface area contributed by atoms with Crippen molar-refractivity contribution < 1.29 is 28.6 Å². The number of benzene rings is 6. The minimum atomic E-state index is -0.753. The summed E-state index contributed by atoms with van der Waals surface area (Å²) < 4.78 is 28.5. The number of likely N-dealkylation sites (tertiary alicyclic amines) is 2. The second-order valence-electron chi connectivity index (χ2n) is 21.1. The van der Waals surface area contributed by atoms with Crippen LogP contribution in [0, 0.1) is 25.5 Å². The number of hydrogen-bond donors (Lipinski definition) is 4. The molecule has 2 aromatic heterocycles. The zero-order valence-corrected chi connectivity index (χ0v) is 43.2. The molecular formula is C62H62F2N8O4. The fourth-order valence-electron chi connectivity index (χ4n) is 11.6. The van der Waals surface area contributed by atoms with Gasteiger partial charge in [-0.1, -0.05) is 72.8 Å². The first-order valence-electron chi connectivity index (χ1n) is 26.2. The Morgan fingerprint density at radius 2 is 0.882 bits per heavy atom. The molecular weight excluding hydrogens is 959 g/mol. The minimum Gasteiger partial charge on any atom is -0.508 e. The van der Waals surface area contributed by atoms with E-state index < -0.39 is 23.7 Å². The van der Waals surface area contributed by atoms with Crippen LogP contribution in [-0.2, 0) is 13.1 Å². The van der Waals surface area contributed by atoms with Crippen LogP contribution in [0.2, 0.25) is 0 Å². The van der Waals surface area contributed by atoms with E-state index in [4.69, 9.17) is 0 Å². The number of nitrogens with zero attached hydrogens (tertiary/aromatic N) is 6. The number of carbonyl (C=O) groups is 2. The van der Waals surface area contributed by atoms with E-state index in [1.54, 1.807) is 22.2 Å². The number of phenolic OH excluding ortho intramolecular Hbond substituents is 2. The molecule has 76 heavy (non-hydrogen) atoms. The smallest absolute Gasteiger partial charge is 0.255 e. The highest BCUT2D eigenvalue weighted by Gasteiger charge is 2.39. The first-order valence-corrected chi connectivity index (χ1v) is 26.2. The van der Waals surface area contributed by atoms with Crippen molar-refractivity contribution >= 4 is 11.8 Å². The van der Waals surface area contributed by atoms with Crippen LogP contribution in [0.4, 0.5) is 8.78 Å². The molecule has 0 spiro atoms. The first kappa shape index (κ1) is 50.2. The number of carbonyl (C=O) groups excluding carboxylic acids is 2. The molecule has 0 saturated carbocycles. The molecule has 0 aliphatic carbocycles. The van der Waals surface area contributed by atoms with Crippen LogP contribution in [0.3, 0.4) is 0 Å². The van der Waals surface area contributed by atoms with E-state index in [9.17, 15) is 28.6 Å². The van der Waals surface area contributed by atoms with Gasteiger partial charge in [-0.2, -0.15) is 0 Å². The number of piperidine rings is 2. The Hall–Kier alpha value is -7.94. The molecule has 2 saturated heterocycles. The summed E-state index contributed by atoms with van der Waals surface area (Å²) in [5.41, 5.74) is 12.1. The van der Waals surface area contributed by atoms with Gasteiger partial charge in [0, 0.05) is 59.1 Å². The number of aromatic nitrogens is 4. The van der Waals surface area contributed by atoms with Crippen LogP contribution in [0.5, 0.6) is 11.5 Å². The number of amides is 2. The molecule has 2 atom stereocenters. The topological polar surface area (TPSA) is 145 Å². The van der Waals surface area contributed by atoms with Gasteiger partial charge in [0.05, 0.1) is 0 Å². The number of hydrogen-bond acceptors (Lipinski definition) is 8. The summed E-state index contributed by atoms with van der Waals surface area (Å²) in [6.45, 7) is 8.91. The molecule has 12 rings (SSSR count). The number of fused-ring (bicyclic) bond motifs is 2. The maximum atomic E-state index is 14.2. The third kappa shape index (κ3) is 10.1. The molecule has 2 amide bonds. The Kier molecular flexibility index (Phi) is 13.9. The van der Waals surface area contributed by atoms with Crippen molar-refractivity contribution in [2.75, 3.05) is 40.3 Å². The molecule has 14 heteroatoms. The highest BCUT2D eigenvalue weighted by atomic mass is 19.1. The Bertz CT molecular complexity index is 3200. The predicted molar refractivity (Wildman–Crippen MR) is 289 cm³/mol. The number of imidazole rings is 2. The zero-order valence-electron chi connectivity index (χ0n) is 43.2. The third-order valence-corrected chi connectivity index (χ3v) is 15.9. The summed E-state index contributed by atoms with van der Waals surface area (Å²) in [4.78, 5) is 50.8. The first-order chi connectivity index (χ1) is 36.7. The van der Waals surface area contributed by atoms with Crippen molar-refractivity contribution in [3.05, 3.63) is 213 Å². The SMILES string of the molecule is Cc1cnc([C@@H](c2cc(F)ccc2O)N2Cc3ccc(-c4ccc(C5CCN(C)CC5)cc4)cc3C2=O)[nH]1.Cc1cnc([C@H](c2cc(F)ccc2O)N2Cc3ccc(-c4ccc(C5CCN(C)CC5)cc4)cc3C2=O)[nH]1. The van der Waals surface area contributed by atoms with Gasteiger partial charge in [0.25, 0.3) is 11.8 Å². The molecule has 0 bridgehead atoms. The number of rotatable bonds is 10. The lowest BCUT2D eigenvalue weighted by Crippen LogP contribution is -2.31. The van der Waals surface area contributed by atoms with Gasteiger partial charge in [0.15, 0.2) is 0 Å². The quantitative estimate of drug-likeness (QED) is 0.106. The lowest BCUT2D eigenvalue weighted by atomic mass is 9.88. The largest absolute Gasteiger partial charge is 0.508 e. The number of aromatic amines is 2. The number of halogens is 2. The Morgan fingerprint density at radius 3 is 1.24 bits per heavy atom. The summed E-state index contributed by atoms with van der Waals surface area (Å²) >= 11 is 0. The molecule has 4 aliphatic rings. The zero-order chi connectivity index (χ0) is 52.8. The van der Waals surface area contributed by atoms with Crippen molar-refractivity contribution in [2.45, 2.75) is 76.5 Å². The van der Waals surface area contributed by atoms with Gasteiger partial charge in [-0.25, -0.2) is 18.7 Å². The molecule has 388 valence electrons. The van der Waals surface area contributed by atoms with Crippen molar-refractivity contribution in [2.24, 2.45) is 0 Å². The number of phenols is 2. The molecule has 6 aromatic carbocycles. The lowest BCUT2D eigenvalue weighted by molar-refractivity contribution is 0.0716. The van der Waals surface area contributed by atoms with Crippen LogP contribution in [0.15, 0.2) is 134 Å². The maximum absolute atomic E-state index is 14.2. The fraction of sp³-hybridized carbons (Fsp3) is 0.290. The van der Waals surface area contributed by atoms with E-state index >= 15 is 0 Å². The van der Waals surface area contributed by atoms with Gasteiger partial charge in [-0.15, -0.1) is 0 Å². The normalized spacial score (nSPS) is 17.1. The average Bonchev–Trinajstić information content (AvgIpc) is 4.26. The molecule has 6 heterocycles. The van der Waals surface area contributed by atoms with Crippen LogP contribution in [-0.4, -0.2) is 102 Å². The summed E-state index contributed by atoms with van der Waals surface area (Å²) in [5.74, 6) is 0.666. The average molecular weight is 1020 g/mol. The Labute approximate surface area is 441 Å². The van der Waals surface area contributed by atoms with Crippen molar-refractivity contribution in [3.63, 3.8) is 0 Å². The monoisotopic (exact) mass is 1020 g/mol. The summed E-state index contributed by atoms with van der Waals surface area (Å²) in [6, 6.07) is 35.5. The van der Waals surface area contributed by atoms with E-state index in [2.05, 4.69) is 92.4 Å². The van der Waals surface area contributed by atoms with E-state index in [1.165, 1.54) is 73.2 Å². The molecule has 2 fully saturated rings. The molecule has 4 N–H and O–H groups in total. The van der Waals surface area contributed by atoms with E-state index in [1.807, 2.05) is 50.2 Å². The van der Waals surface area contributed by atoms with Crippen LogP contribution in [0.25, 0.3) is 22.3 Å². The fourth-order valence-corrected chi connectivity index (χ4v) is 11.6. The van der Waals surface area contributed by atoms with E-state index in [-0.39, 0.29) is 23.3 Å². The van der Waals surface area contributed by atoms with E-state index in [0.29, 0.717) is 58.8 Å². The number of nitrogens with one attached hydrogen (secondary N) is 2. The van der Waals surface area contributed by atoms with E-state index in [0.717, 1.165) is 70.9 Å². The molecule has 12 nitrogen and oxygen atoms in total. The minimum absolute atomic E-state index is 0.0837. The van der Waals surface area contributed by atoms with Gasteiger partial charge in [-0.3, -0.25) is 9.59 Å². The Morgan fingerprint density at radius 1 is 0.513 bits per heavy atom. The van der Waals surface area contributed by atoms with Gasteiger partial charge in [-0.05, 0) is 185 Å². The predicted octanol–water partition coefficient (Wildman–Crippen LogP) is 11.6. The number of aromatic hydroxyl groups is 2. The molecule has 0 radical (unpaired) electrons. The number of aryl methyl sites for hydroxylation is 2. The molecule has 4 aliphatic heterocycles. The molecule has 8 aromatic rings. The third-order valence-electron chi connectivity index (χ3n) is 15.9. The Balaban J connectivity index is 0.000000162. The van der Waals surface area contributed by atoms with Crippen molar-refractivity contribution in [1.82, 2.24) is 39.5 Å². The highest BCUT2D eigenvalue weighted by molar-refractivity contribution is 6.01. The highest BCUT2D eigenvalue weighted by Crippen LogP contribution is 2.42. The number of H-pyrrole nitrogens is 2. The second kappa shape index (κ2) is 21.0. The lowest BCUT2D eigenvalue weighted by Gasteiger charge is -2.29. The molecule has 0 unspecified atom stereocenters. The summed E-state index contributed by atoms with van der Waals surface area (Å²) in [6.07, 6.45) is 8.04.